The zero-order valence-electron chi connectivity index (χ0n) is 11.6. The molecule has 3 aromatic rings. The van der Waals surface area contributed by atoms with Crippen LogP contribution in [0.5, 0.6) is 5.75 Å². The van der Waals surface area contributed by atoms with E-state index in [0.717, 1.165) is 5.56 Å². The Morgan fingerprint density at radius 1 is 1.14 bits per heavy atom. The molecule has 3 nitrogen and oxygen atoms in total. The van der Waals surface area contributed by atoms with Crippen LogP contribution in [0.15, 0.2) is 46.9 Å². The SMILES string of the molecule is Cc1cccc(OC(=O)c2oc3ccc(F)cc3c2C)c1. The van der Waals surface area contributed by atoms with Crippen molar-refractivity contribution in [3.8, 4) is 5.75 Å². The van der Waals surface area contributed by atoms with E-state index in [9.17, 15) is 9.18 Å². The van der Waals surface area contributed by atoms with Crippen LogP contribution in [0.25, 0.3) is 11.0 Å². The van der Waals surface area contributed by atoms with E-state index in [1.807, 2.05) is 13.0 Å². The van der Waals surface area contributed by atoms with Crippen molar-refractivity contribution < 1.29 is 18.3 Å². The molecule has 0 spiro atoms. The minimum absolute atomic E-state index is 0.0945. The van der Waals surface area contributed by atoms with E-state index in [1.54, 1.807) is 25.1 Å². The summed E-state index contributed by atoms with van der Waals surface area (Å²) < 4.78 is 24.0. The largest absolute Gasteiger partial charge is 0.449 e. The van der Waals surface area contributed by atoms with Gasteiger partial charge in [0.25, 0.3) is 0 Å². The standard InChI is InChI=1S/C17H13FO3/c1-10-4-3-5-13(8-10)20-17(19)16-11(2)14-9-12(18)6-7-15(14)21-16/h3-9H,1-2H3. The average molecular weight is 284 g/mol. The zero-order valence-corrected chi connectivity index (χ0v) is 11.6. The maximum atomic E-state index is 13.3. The highest BCUT2D eigenvalue weighted by Gasteiger charge is 2.20. The number of hydrogen-bond acceptors (Lipinski definition) is 3. The second kappa shape index (κ2) is 5.05. The Morgan fingerprint density at radius 2 is 1.95 bits per heavy atom. The molecule has 0 fully saturated rings. The van der Waals surface area contributed by atoms with Crippen LogP contribution in [0.3, 0.4) is 0 Å². The van der Waals surface area contributed by atoms with Crippen LogP contribution < -0.4 is 4.74 Å². The Bertz CT molecular complexity index is 833. The molecule has 0 aliphatic heterocycles. The summed E-state index contributed by atoms with van der Waals surface area (Å²) in [6.07, 6.45) is 0. The summed E-state index contributed by atoms with van der Waals surface area (Å²) in [6, 6.07) is 11.3. The highest BCUT2D eigenvalue weighted by Crippen LogP contribution is 2.27. The topological polar surface area (TPSA) is 39.4 Å². The molecule has 0 aliphatic rings. The molecule has 0 radical (unpaired) electrons. The number of rotatable bonds is 2. The second-order valence-corrected chi connectivity index (χ2v) is 4.90. The lowest BCUT2D eigenvalue weighted by Gasteiger charge is -2.03. The van der Waals surface area contributed by atoms with E-state index in [4.69, 9.17) is 9.15 Å². The summed E-state index contributed by atoms with van der Waals surface area (Å²) in [6.45, 7) is 3.62. The van der Waals surface area contributed by atoms with Gasteiger partial charge in [-0.15, -0.1) is 0 Å². The number of ether oxygens (including phenoxy) is 1. The van der Waals surface area contributed by atoms with Crippen LogP contribution >= 0.6 is 0 Å². The van der Waals surface area contributed by atoms with Crippen LogP contribution in [-0.4, -0.2) is 5.97 Å². The molecule has 0 N–H and O–H groups in total. The van der Waals surface area contributed by atoms with E-state index in [2.05, 4.69) is 0 Å². The van der Waals surface area contributed by atoms with E-state index in [-0.39, 0.29) is 11.6 Å². The number of hydrogen-bond donors (Lipinski definition) is 0. The van der Waals surface area contributed by atoms with Crippen LogP contribution in [-0.2, 0) is 0 Å². The molecule has 0 amide bonds. The predicted molar refractivity (Wildman–Crippen MR) is 77.0 cm³/mol. The first-order chi connectivity index (χ1) is 10.0. The lowest BCUT2D eigenvalue weighted by atomic mass is 10.1. The summed E-state index contributed by atoms with van der Waals surface area (Å²) in [7, 11) is 0. The van der Waals surface area contributed by atoms with Crippen LogP contribution in [0.4, 0.5) is 4.39 Å². The number of furan rings is 1. The third-order valence-corrected chi connectivity index (χ3v) is 3.28. The number of carbonyl (C=O) groups is 1. The Labute approximate surface area is 120 Å². The summed E-state index contributed by atoms with van der Waals surface area (Å²) in [4.78, 5) is 12.2. The van der Waals surface area contributed by atoms with E-state index < -0.39 is 5.97 Å². The van der Waals surface area contributed by atoms with E-state index >= 15 is 0 Å². The molecule has 1 aromatic heterocycles. The third kappa shape index (κ3) is 2.52. The fraction of sp³-hybridized carbons (Fsp3) is 0.118. The maximum Gasteiger partial charge on any atom is 0.379 e. The number of benzene rings is 2. The van der Waals surface area contributed by atoms with Crippen molar-refractivity contribution >= 4 is 16.9 Å². The quantitative estimate of drug-likeness (QED) is 0.517. The second-order valence-electron chi connectivity index (χ2n) is 4.90. The Kier molecular flexibility index (Phi) is 3.22. The molecule has 3 rings (SSSR count). The van der Waals surface area contributed by atoms with Crippen molar-refractivity contribution in [3.63, 3.8) is 0 Å². The Hall–Kier alpha value is -2.62. The number of halogens is 1. The van der Waals surface area contributed by atoms with Crippen molar-refractivity contribution in [1.82, 2.24) is 0 Å². The monoisotopic (exact) mass is 284 g/mol. The first-order valence-electron chi connectivity index (χ1n) is 6.52. The van der Waals surface area contributed by atoms with Gasteiger partial charge >= 0.3 is 5.97 Å². The lowest BCUT2D eigenvalue weighted by molar-refractivity contribution is 0.0703. The average Bonchev–Trinajstić information content (AvgIpc) is 2.76. The molecule has 0 saturated carbocycles. The van der Waals surface area contributed by atoms with Gasteiger partial charge in [-0.25, -0.2) is 9.18 Å². The molecule has 0 saturated heterocycles. The first kappa shape index (κ1) is 13.4. The smallest absolute Gasteiger partial charge is 0.379 e. The summed E-state index contributed by atoms with van der Waals surface area (Å²) in [5.41, 5.74) is 2.02. The summed E-state index contributed by atoms with van der Waals surface area (Å²) in [5.74, 6) is -0.414. The number of aryl methyl sites for hydroxylation is 2. The molecule has 1 heterocycles. The predicted octanol–water partition coefficient (Wildman–Crippen LogP) is 4.41. The molecule has 21 heavy (non-hydrogen) atoms. The van der Waals surface area contributed by atoms with Gasteiger partial charge in [0, 0.05) is 10.9 Å². The van der Waals surface area contributed by atoms with Crippen molar-refractivity contribution in [2.45, 2.75) is 13.8 Å². The molecule has 0 unspecified atom stereocenters. The van der Waals surface area contributed by atoms with E-state index in [1.165, 1.54) is 18.2 Å². The fourth-order valence-corrected chi connectivity index (χ4v) is 2.22. The normalized spacial score (nSPS) is 10.8. The molecule has 4 heteroatoms. The number of esters is 1. The molecular formula is C17H13FO3. The molecule has 0 atom stereocenters. The Balaban J connectivity index is 1.96. The van der Waals surface area contributed by atoms with Crippen molar-refractivity contribution in [1.29, 1.82) is 0 Å². The number of fused-ring (bicyclic) bond motifs is 1. The van der Waals surface area contributed by atoms with Crippen molar-refractivity contribution in [3.05, 3.63) is 65.2 Å². The van der Waals surface area contributed by atoms with Crippen LogP contribution in [0.1, 0.15) is 21.7 Å². The zero-order chi connectivity index (χ0) is 15.0. The van der Waals surface area contributed by atoms with Crippen LogP contribution in [0.2, 0.25) is 0 Å². The molecule has 2 aromatic carbocycles. The highest BCUT2D eigenvalue weighted by molar-refractivity contribution is 5.96. The highest BCUT2D eigenvalue weighted by atomic mass is 19.1. The van der Waals surface area contributed by atoms with Gasteiger partial charge in [-0.3, -0.25) is 0 Å². The molecular weight excluding hydrogens is 271 g/mol. The van der Waals surface area contributed by atoms with Gasteiger partial charge in [0.15, 0.2) is 0 Å². The van der Waals surface area contributed by atoms with Gasteiger partial charge in [-0.05, 0) is 49.7 Å². The van der Waals surface area contributed by atoms with Gasteiger partial charge in [0.2, 0.25) is 5.76 Å². The van der Waals surface area contributed by atoms with Gasteiger partial charge in [-0.1, -0.05) is 12.1 Å². The maximum absolute atomic E-state index is 13.3. The van der Waals surface area contributed by atoms with Gasteiger partial charge in [0.05, 0.1) is 0 Å². The minimum Gasteiger partial charge on any atom is -0.449 e. The minimum atomic E-state index is -0.588. The molecule has 0 aliphatic carbocycles. The van der Waals surface area contributed by atoms with Crippen LogP contribution in [0, 0.1) is 19.7 Å². The summed E-state index contributed by atoms with van der Waals surface area (Å²) in [5, 5.41) is 0.575. The van der Waals surface area contributed by atoms with Crippen molar-refractivity contribution in [2.24, 2.45) is 0 Å². The summed E-state index contributed by atoms with van der Waals surface area (Å²) >= 11 is 0. The molecule has 106 valence electrons. The van der Waals surface area contributed by atoms with Gasteiger partial charge in [0.1, 0.15) is 17.1 Å². The van der Waals surface area contributed by atoms with Crippen molar-refractivity contribution in [2.75, 3.05) is 0 Å². The molecule has 0 bridgehead atoms. The van der Waals surface area contributed by atoms with Gasteiger partial charge in [-0.2, -0.15) is 0 Å². The first-order valence-corrected chi connectivity index (χ1v) is 6.52. The third-order valence-electron chi connectivity index (χ3n) is 3.28. The number of carbonyl (C=O) groups excluding carboxylic acids is 1. The fourth-order valence-electron chi connectivity index (χ4n) is 2.22. The van der Waals surface area contributed by atoms with E-state index in [0.29, 0.717) is 22.3 Å². The lowest BCUT2D eigenvalue weighted by Crippen LogP contribution is -2.08. The Morgan fingerprint density at radius 3 is 2.71 bits per heavy atom. The van der Waals surface area contributed by atoms with Gasteiger partial charge < -0.3 is 9.15 Å².